The van der Waals surface area contributed by atoms with Crippen LogP contribution in [0, 0.1) is 0 Å². The number of ether oxygens (including phenoxy) is 1. The number of hydrogen-bond acceptors (Lipinski definition) is 2. The van der Waals surface area contributed by atoms with Gasteiger partial charge in [0.2, 0.25) is 0 Å². The van der Waals surface area contributed by atoms with E-state index in [2.05, 4.69) is 13.8 Å². The molecule has 0 fully saturated rings. The molecule has 2 heteroatoms. The van der Waals surface area contributed by atoms with Crippen molar-refractivity contribution in [2.75, 3.05) is 7.11 Å². The van der Waals surface area contributed by atoms with Crippen molar-refractivity contribution >= 4 is 0 Å². The maximum Gasteiger partial charge on any atom is 0.0719 e. The summed E-state index contributed by atoms with van der Waals surface area (Å²) < 4.78 is 5.31. The summed E-state index contributed by atoms with van der Waals surface area (Å²) in [6.07, 6.45) is 8.97. The van der Waals surface area contributed by atoms with Crippen LogP contribution in [0.25, 0.3) is 0 Å². The van der Waals surface area contributed by atoms with Gasteiger partial charge in [-0.05, 0) is 12.8 Å². The number of nitrogens with two attached hydrogens (primary N) is 1. The highest BCUT2D eigenvalue weighted by atomic mass is 16.5. The van der Waals surface area contributed by atoms with Gasteiger partial charge in [0.15, 0.2) is 0 Å². The fourth-order valence-corrected chi connectivity index (χ4v) is 1.81. The van der Waals surface area contributed by atoms with E-state index < -0.39 is 0 Å². The van der Waals surface area contributed by atoms with Gasteiger partial charge in [-0.1, -0.05) is 46.0 Å². The van der Waals surface area contributed by atoms with Crippen molar-refractivity contribution in [2.45, 2.75) is 70.9 Å². The second-order valence-electron chi connectivity index (χ2n) is 4.05. The highest BCUT2D eigenvalue weighted by Crippen LogP contribution is 2.11. The molecule has 0 saturated heterocycles. The van der Waals surface area contributed by atoms with E-state index in [9.17, 15) is 0 Å². The monoisotopic (exact) mass is 201 g/mol. The predicted molar refractivity (Wildman–Crippen MR) is 62.4 cm³/mol. The Kier molecular flexibility index (Phi) is 9.42. The molecular weight excluding hydrogens is 174 g/mol. The predicted octanol–water partition coefficient (Wildman–Crippen LogP) is 3.10. The summed E-state index contributed by atoms with van der Waals surface area (Å²) in [5, 5.41) is 0. The molecule has 2 unspecified atom stereocenters. The summed E-state index contributed by atoms with van der Waals surface area (Å²) in [7, 11) is 1.76. The van der Waals surface area contributed by atoms with Crippen LogP contribution in [0.1, 0.15) is 58.8 Å². The zero-order chi connectivity index (χ0) is 10.8. The molecule has 0 aliphatic carbocycles. The highest BCUT2D eigenvalue weighted by molar-refractivity contribution is 4.71. The van der Waals surface area contributed by atoms with Gasteiger partial charge in [-0.3, -0.25) is 0 Å². The molecule has 2 nitrogen and oxygen atoms in total. The van der Waals surface area contributed by atoms with E-state index in [4.69, 9.17) is 10.5 Å². The van der Waals surface area contributed by atoms with Crippen LogP contribution < -0.4 is 5.73 Å². The molecule has 0 aromatic rings. The van der Waals surface area contributed by atoms with E-state index >= 15 is 0 Å². The quantitative estimate of drug-likeness (QED) is 0.582. The third kappa shape index (κ3) is 6.39. The van der Waals surface area contributed by atoms with Crippen molar-refractivity contribution in [1.82, 2.24) is 0 Å². The maximum absolute atomic E-state index is 6.03. The van der Waals surface area contributed by atoms with Crippen molar-refractivity contribution in [3.05, 3.63) is 0 Å². The van der Waals surface area contributed by atoms with Crippen LogP contribution in [-0.4, -0.2) is 19.3 Å². The Balaban J connectivity index is 3.37. The average molecular weight is 201 g/mol. The minimum absolute atomic E-state index is 0.228. The highest BCUT2D eigenvalue weighted by Gasteiger charge is 2.13. The fraction of sp³-hybridized carbons (Fsp3) is 1.00. The Morgan fingerprint density at radius 1 is 1.07 bits per heavy atom. The van der Waals surface area contributed by atoms with E-state index in [1.54, 1.807) is 7.11 Å². The van der Waals surface area contributed by atoms with Gasteiger partial charge in [-0.15, -0.1) is 0 Å². The molecule has 0 aromatic heterocycles. The maximum atomic E-state index is 6.03. The number of methoxy groups -OCH3 is 1. The van der Waals surface area contributed by atoms with Gasteiger partial charge in [0, 0.05) is 13.2 Å². The van der Waals surface area contributed by atoms with E-state index in [1.807, 2.05) is 0 Å². The Bertz CT molecular complexity index is 113. The molecular formula is C12H27NO. The van der Waals surface area contributed by atoms with Gasteiger partial charge in [0.25, 0.3) is 0 Å². The van der Waals surface area contributed by atoms with E-state index in [1.165, 1.54) is 32.1 Å². The minimum atomic E-state index is 0.228. The van der Waals surface area contributed by atoms with Gasteiger partial charge in [-0.25, -0.2) is 0 Å². The normalized spacial score (nSPS) is 15.4. The van der Waals surface area contributed by atoms with Crippen molar-refractivity contribution < 1.29 is 4.74 Å². The Morgan fingerprint density at radius 3 is 2.21 bits per heavy atom. The van der Waals surface area contributed by atoms with Gasteiger partial charge < -0.3 is 10.5 Å². The van der Waals surface area contributed by atoms with Gasteiger partial charge in [0.05, 0.1) is 6.10 Å². The topological polar surface area (TPSA) is 35.2 Å². The molecule has 14 heavy (non-hydrogen) atoms. The van der Waals surface area contributed by atoms with Gasteiger partial charge in [-0.2, -0.15) is 0 Å². The lowest BCUT2D eigenvalue weighted by Gasteiger charge is -2.20. The zero-order valence-electron chi connectivity index (χ0n) is 10.1. The number of hydrogen-bond donors (Lipinski definition) is 1. The van der Waals surface area contributed by atoms with Crippen molar-refractivity contribution in [3.8, 4) is 0 Å². The first-order chi connectivity index (χ1) is 6.76. The summed E-state index contributed by atoms with van der Waals surface area (Å²) >= 11 is 0. The summed E-state index contributed by atoms with van der Waals surface area (Å²) in [6, 6.07) is 0.228. The molecule has 2 atom stereocenters. The van der Waals surface area contributed by atoms with Crippen LogP contribution in [0.15, 0.2) is 0 Å². The molecule has 0 amide bonds. The van der Waals surface area contributed by atoms with Gasteiger partial charge in [0.1, 0.15) is 0 Å². The van der Waals surface area contributed by atoms with Crippen LogP contribution in [0.3, 0.4) is 0 Å². The van der Waals surface area contributed by atoms with E-state index in [0.29, 0.717) is 0 Å². The molecule has 0 aliphatic rings. The fourth-order valence-electron chi connectivity index (χ4n) is 1.81. The van der Waals surface area contributed by atoms with Crippen molar-refractivity contribution in [2.24, 2.45) is 5.73 Å². The molecule has 0 aromatic carbocycles. The lowest BCUT2D eigenvalue weighted by atomic mass is 10.0. The van der Waals surface area contributed by atoms with Crippen LogP contribution in [0.5, 0.6) is 0 Å². The molecule has 0 aliphatic heterocycles. The lowest BCUT2D eigenvalue weighted by Crippen LogP contribution is -2.35. The van der Waals surface area contributed by atoms with E-state index in [0.717, 1.165) is 12.8 Å². The lowest BCUT2D eigenvalue weighted by molar-refractivity contribution is 0.0740. The summed E-state index contributed by atoms with van der Waals surface area (Å²) in [6.45, 7) is 4.37. The summed E-state index contributed by atoms with van der Waals surface area (Å²) in [5.74, 6) is 0. The SMILES string of the molecule is CCCCCCCC(N)C(CC)OC. The number of rotatable bonds is 9. The largest absolute Gasteiger partial charge is 0.380 e. The van der Waals surface area contributed by atoms with Crippen LogP contribution in [-0.2, 0) is 4.74 Å². The molecule has 0 saturated carbocycles. The van der Waals surface area contributed by atoms with Crippen LogP contribution in [0.2, 0.25) is 0 Å². The minimum Gasteiger partial charge on any atom is -0.380 e. The van der Waals surface area contributed by atoms with Crippen LogP contribution >= 0.6 is 0 Å². The first-order valence-corrected chi connectivity index (χ1v) is 6.04. The van der Waals surface area contributed by atoms with Crippen LogP contribution in [0.4, 0.5) is 0 Å². The average Bonchev–Trinajstić information content (AvgIpc) is 2.19. The second-order valence-corrected chi connectivity index (χ2v) is 4.05. The second kappa shape index (κ2) is 9.47. The molecule has 0 heterocycles. The molecule has 86 valence electrons. The Hall–Kier alpha value is -0.0800. The first-order valence-electron chi connectivity index (χ1n) is 6.04. The molecule has 0 spiro atoms. The molecule has 0 bridgehead atoms. The zero-order valence-corrected chi connectivity index (χ0v) is 10.1. The molecule has 0 rings (SSSR count). The molecule has 2 N–H and O–H groups in total. The number of unbranched alkanes of at least 4 members (excludes halogenated alkanes) is 4. The smallest absolute Gasteiger partial charge is 0.0719 e. The van der Waals surface area contributed by atoms with Gasteiger partial charge >= 0.3 is 0 Å². The first kappa shape index (κ1) is 13.9. The van der Waals surface area contributed by atoms with Crippen molar-refractivity contribution in [1.29, 1.82) is 0 Å². The Morgan fingerprint density at radius 2 is 1.71 bits per heavy atom. The third-order valence-electron chi connectivity index (χ3n) is 2.82. The summed E-state index contributed by atoms with van der Waals surface area (Å²) in [5.41, 5.74) is 6.03. The standard InChI is InChI=1S/C12H27NO/c1-4-6-7-8-9-10-11(13)12(5-2)14-3/h11-12H,4-10,13H2,1-3H3. The molecule has 0 radical (unpaired) electrons. The summed E-state index contributed by atoms with van der Waals surface area (Å²) in [4.78, 5) is 0. The third-order valence-corrected chi connectivity index (χ3v) is 2.82. The van der Waals surface area contributed by atoms with Crippen molar-refractivity contribution in [3.63, 3.8) is 0 Å². The Labute approximate surface area is 89.2 Å². The van der Waals surface area contributed by atoms with E-state index in [-0.39, 0.29) is 12.1 Å².